The van der Waals surface area contributed by atoms with Gasteiger partial charge in [0.2, 0.25) is 5.88 Å². The maximum Gasteiger partial charge on any atom is 0.344 e. The lowest BCUT2D eigenvalue weighted by Gasteiger charge is -2.15. The molecule has 2 aromatic carbocycles. The van der Waals surface area contributed by atoms with Crippen molar-refractivity contribution in [2.75, 3.05) is 13.4 Å². The minimum Gasteiger partial charge on any atom is -0.497 e. The van der Waals surface area contributed by atoms with Gasteiger partial charge >= 0.3 is 5.97 Å². The van der Waals surface area contributed by atoms with Crippen LogP contribution in [0.15, 0.2) is 41.4 Å². The summed E-state index contributed by atoms with van der Waals surface area (Å²) >= 11 is 0. The Bertz CT molecular complexity index is 1320. The summed E-state index contributed by atoms with van der Waals surface area (Å²) in [4.78, 5) is 26.2. The van der Waals surface area contributed by atoms with Crippen molar-refractivity contribution in [2.24, 2.45) is 7.05 Å². The zero-order valence-electron chi connectivity index (χ0n) is 18.7. The number of sulfone groups is 1. The van der Waals surface area contributed by atoms with Crippen LogP contribution in [0.4, 0.5) is 0 Å². The molecule has 0 N–H and O–H groups in total. The van der Waals surface area contributed by atoms with Gasteiger partial charge in [-0.15, -0.1) is 0 Å². The number of aryl methyl sites for hydroxylation is 2. The number of methoxy groups -OCH3 is 1. The molecule has 168 valence electrons. The van der Waals surface area contributed by atoms with Crippen LogP contribution in [-0.4, -0.2) is 43.3 Å². The molecule has 0 amide bonds. The Morgan fingerprint density at radius 1 is 1.00 bits per heavy atom. The molecule has 0 aliphatic rings. The highest BCUT2D eigenvalue weighted by Gasteiger charge is 2.26. The second kappa shape index (κ2) is 8.58. The maximum atomic E-state index is 13.4. The molecule has 0 aliphatic heterocycles. The van der Waals surface area contributed by atoms with Gasteiger partial charge in [-0.05, 0) is 67.8 Å². The standard InChI is InChI=1S/C23H24N2O6S/c1-13-11-18(14(2)15(3)21(13)32(6,28)29)20(26)19-12-24-25(4)22(19)31-23(27)16-7-9-17(30-5)10-8-16/h7-12H,1-6H3. The Morgan fingerprint density at radius 3 is 2.19 bits per heavy atom. The molecule has 0 fully saturated rings. The number of hydrogen-bond acceptors (Lipinski definition) is 7. The lowest BCUT2D eigenvalue weighted by Crippen LogP contribution is -2.15. The van der Waals surface area contributed by atoms with Crippen molar-refractivity contribution >= 4 is 21.6 Å². The number of ketones is 1. The van der Waals surface area contributed by atoms with Crippen LogP contribution in [0.5, 0.6) is 11.6 Å². The number of benzene rings is 2. The highest BCUT2D eigenvalue weighted by atomic mass is 32.2. The first-order valence-electron chi connectivity index (χ1n) is 9.69. The lowest BCUT2D eigenvalue weighted by atomic mass is 9.95. The van der Waals surface area contributed by atoms with E-state index >= 15 is 0 Å². The summed E-state index contributed by atoms with van der Waals surface area (Å²) in [5.74, 6) is -0.476. The van der Waals surface area contributed by atoms with Crippen LogP contribution in [-0.2, 0) is 16.9 Å². The Balaban J connectivity index is 2.00. The molecule has 3 rings (SSSR count). The van der Waals surface area contributed by atoms with Gasteiger partial charge in [0.25, 0.3) is 0 Å². The summed E-state index contributed by atoms with van der Waals surface area (Å²) in [6.07, 6.45) is 2.47. The predicted octanol–water partition coefficient (Wildman–Crippen LogP) is 3.21. The van der Waals surface area contributed by atoms with Gasteiger partial charge in [0.15, 0.2) is 15.6 Å². The number of carbonyl (C=O) groups is 2. The maximum absolute atomic E-state index is 13.4. The molecule has 32 heavy (non-hydrogen) atoms. The molecule has 0 atom stereocenters. The molecule has 0 spiro atoms. The van der Waals surface area contributed by atoms with Gasteiger partial charge in [-0.1, -0.05) is 0 Å². The Kier molecular flexibility index (Phi) is 6.23. The van der Waals surface area contributed by atoms with E-state index in [2.05, 4.69) is 5.10 Å². The molecule has 9 heteroatoms. The van der Waals surface area contributed by atoms with E-state index in [-0.39, 0.29) is 21.9 Å². The van der Waals surface area contributed by atoms with Gasteiger partial charge in [-0.2, -0.15) is 5.10 Å². The highest BCUT2D eigenvalue weighted by Crippen LogP contribution is 2.30. The van der Waals surface area contributed by atoms with Crippen LogP contribution in [0.25, 0.3) is 0 Å². The zero-order chi connectivity index (χ0) is 23.8. The average Bonchev–Trinajstić information content (AvgIpc) is 3.09. The summed E-state index contributed by atoms with van der Waals surface area (Å²) in [7, 11) is -0.374. The number of carbonyl (C=O) groups excluding carboxylic acids is 2. The minimum absolute atomic E-state index is 0.00212. The van der Waals surface area contributed by atoms with E-state index in [9.17, 15) is 18.0 Å². The quantitative estimate of drug-likeness (QED) is 0.414. The molecule has 0 saturated heterocycles. The monoisotopic (exact) mass is 456 g/mol. The topological polar surface area (TPSA) is 105 Å². The molecule has 0 bridgehead atoms. The van der Waals surface area contributed by atoms with Gasteiger partial charge in [-0.3, -0.25) is 4.79 Å². The van der Waals surface area contributed by atoms with E-state index in [4.69, 9.17) is 9.47 Å². The molecule has 3 aromatic rings. The third-order valence-electron chi connectivity index (χ3n) is 5.29. The van der Waals surface area contributed by atoms with Crippen LogP contribution in [0, 0.1) is 20.8 Å². The van der Waals surface area contributed by atoms with Crippen molar-refractivity contribution in [1.82, 2.24) is 9.78 Å². The Morgan fingerprint density at radius 2 is 1.62 bits per heavy atom. The fourth-order valence-electron chi connectivity index (χ4n) is 3.59. The summed E-state index contributed by atoms with van der Waals surface area (Å²) in [6.45, 7) is 5.01. The van der Waals surface area contributed by atoms with Gasteiger partial charge in [0, 0.05) is 18.9 Å². The first-order valence-corrected chi connectivity index (χ1v) is 11.6. The number of hydrogen-bond donors (Lipinski definition) is 0. The SMILES string of the molecule is COc1ccc(C(=O)Oc2c(C(=O)c3cc(C)c(S(C)(=O)=O)c(C)c3C)cnn2C)cc1. The van der Waals surface area contributed by atoms with Crippen LogP contribution in [0.1, 0.15) is 43.0 Å². The van der Waals surface area contributed by atoms with E-state index in [1.165, 1.54) is 18.0 Å². The Labute approximate surface area is 186 Å². The van der Waals surface area contributed by atoms with Gasteiger partial charge in [0.05, 0.1) is 23.8 Å². The van der Waals surface area contributed by atoms with Gasteiger partial charge in [-0.25, -0.2) is 17.9 Å². The molecule has 0 aliphatic carbocycles. The first kappa shape index (κ1) is 23.2. The van der Waals surface area contributed by atoms with Crippen molar-refractivity contribution in [1.29, 1.82) is 0 Å². The second-order valence-electron chi connectivity index (χ2n) is 7.53. The Hall–Kier alpha value is -3.46. The second-order valence-corrected chi connectivity index (χ2v) is 9.48. The van der Waals surface area contributed by atoms with E-state index in [1.807, 2.05) is 0 Å². The van der Waals surface area contributed by atoms with Crippen molar-refractivity contribution in [3.8, 4) is 11.6 Å². The smallest absolute Gasteiger partial charge is 0.344 e. The average molecular weight is 457 g/mol. The molecule has 0 saturated carbocycles. The van der Waals surface area contributed by atoms with Crippen LogP contribution < -0.4 is 9.47 Å². The zero-order valence-corrected chi connectivity index (χ0v) is 19.5. The summed E-state index contributed by atoms with van der Waals surface area (Å²) in [6, 6.07) is 7.91. The number of rotatable bonds is 6. The fourth-order valence-corrected chi connectivity index (χ4v) is 4.94. The normalized spacial score (nSPS) is 11.3. The summed E-state index contributed by atoms with van der Waals surface area (Å²) in [5.41, 5.74) is 2.23. The van der Waals surface area contributed by atoms with E-state index in [0.29, 0.717) is 28.0 Å². The lowest BCUT2D eigenvalue weighted by molar-refractivity contribution is 0.0718. The number of esters is 1. The third-order valence-corrected chi connectivity index (χ3v) is 6.66. The van der Waals surface area contributed by atoms with E-state index in [0.717, 1.165) is 6.26 Å². The van der Waals surface area contributed by atoms with Crippen molar-refractivity contribution < 1.29 is 27.5 Å². The fraction of sp³-hybridized carbons (Fsp3) is 0.261. The predicted molar refractivity (Wildman–Crippen MR) is 118 cm³/mol. The van der Waals surface area contributed by atoms with Crippen molar-refractivity contribution in [3.05, 3.63) is 69.9 Å². The van der Waals surface area contributed by atoms with Gasteiger partial charge in [0.1, 0.15) is 11.3 Å². The van der Waals surface area contributed by atoms with Crippen molar-refractivity contribution in [2.45, 2.75) is 25.7 Å². The summed E-state index contributed by atoms with van der Waals surface area (Å²) < 4.78 is 36.2. The van der Waals surface area contributed by atoms with E-state index < -0.39 is 21.6 Å². The molecule has 1 aromatic heterocycles. The first-order chi connectivity index (χ1) is 15.0. The van der Waals surface area contributed by atoms with Crippen LogP contribution in [0.2, 0.25) is 0 Å². The van der Waals surface area contributed by atoms with Gasteiger partial charge < -0.3 is 9.47 Å². The van der Waals surface area contributed by atoms with Crippen LogP contribution >= 0.6 is 0 Å². The van der Waals surface area contributed by atoms with E-state index in [1.54, 1.807) is 58.2 Å². The van der Waals surface area contributed by atoms with Crippen LogP contribution in [0.3, 0.4) is 0 Å². The number of nitrogens with zero attached hydrogens (tertiary/aromatic N) is 2. The molecule has 1 heterocycles. The molecule has 0 radical (unpaired) electrons. The molecule has 0 unspecified atom stereocenters. The summed E-state index contributed by atoms with van der Waals surface area (Å²) in [5, 5.41) is 4.07. The number of aromatic nitrogens is 2. The highest BCUT2D eigenvalue weighted by molar-refractivity contribution is 7.90. The molecular weight excluding hydrogens is 432 g/mol. The minimum atomic E-state index is -3.46. The molecular formula is C23H24N2O6S. The largest absolute Gasteiger partial charge is 0.497 e. The third kappa shape index (κ3) is 4.29. The molecule has 8 nitrogen and oxygen atoms in total. The number of ether oxygens (including phenoxy) is 2. The van der Waals surface area contributed by atoms with Crippen molar-refractivity contribution in [3.63, 3.8) is 0 Å².